The van der Waals surface area contributed by atoms with Crippen LogP contribution in [0.1, 0.15) is 23.9 Å². The Morgan fingerprint density at radius 2 is 1.85 bits per heavy atom. The molecule has 5 rings (SSSR count). The molecule has 1 amide bonds. The lowest BCUT2D eigenvalue weighted by molar-refractivity contribution is -0.129. The van der Waals surface area contributed by atoms with Crippen LogP contribution in [0.25, 0.3) is 11.3 Å². The van der Waals surface area contributed by atoms with E-state index in [4.69, 9.17) is 9.97 Å². The highest BCUT2D eigenvalue weighted by atomic mass is 19.1. The van der Waals surface area contributed by atoms with Crippen molar-refractivity contribution in [1.29, 1.82) is 0 Å². The van der Waals surface area contributed by atoms with Gasteiger partial charge in [-0.15, -0.1) is 0 Å². The molecule has 2 aromatic heterocycles. The molecular weight excluding hydrogens is 440 g/mol. The molecule has 0 bridgehead atoms. The zero-order valence-electron chi connectivity index (χ0n) is 19.3. The number of fused-ring (bicyclic) bond motifs is 1. The Hall–Kier alpha value is -3.40. The van der Waals surface area contributed by atoms with Crippen molar-refractivity contribution in [2.24, 2.45) is 7.05 Å². The van der Waals surface area contributed by atoms with E-state index >= 15 is 0 Å². The van der Waals surface area contributed by atoms with Crippen molar-refractivity contribution in [2.45, 2.75) is 26.4 Å². The van der Waals surface area contributed by atoms with Gasteiger partial charge in [-0.3, -0.25) is 14.4 Å². The lowest BCUT2D eigenvalue weighted by atomic mass is 10.1. The molecule has 2 aliphatic rings. The molecule has 0 radical (unpaired) electrons. The van der Waals surface area contributed by atoms with Crippen LogP contribution in [-0.4, -0.2) is 68.2 Å². The smallest absolute Gasteiger partial charge is 0.219 e. The van der Waals surface area contributed by atoms with Gasteiger partial charge in [-0.2, -0.15) is 5.10 Å². The molecule has 8 nitrogen and oxygen atoms in total. The second kappa shape index (κ2) is 9.09. The van der Waals surface area contributed by atoms with Crippen molar-refractivity contribution in [2.75, 3.05) is 37.6 Å². The van der Waals surface area contributed by atoms with Crippen LogP contribution in [0.4, 0.5) is 14.6 Å². The molecule has 0 unspecified atom stereocenters. The molecule has 10 heteroatoms. The van der Waals surface area contributed by atoms with Gasteiger partial charge in [0, 0.05) is 77.0 Å². The minimum atomic E-state index is -0.427. The van der Waals surface area contributed by atoms with Gasteiger partial charge in [-0.25, -0.2) is 18.7 Å². The van der Waals surface area contributed by atoms with E-state index in [0.29, 0.717) is 57.8 Å². The quantitative estimate of drug-likeness (QED) is 0.587. The van der Waals surface area contributed by atoms with Crippen LogP contribution < -0.4 is 4.90 Å². The SMILES string of the molecule is CC(=O)N1CCc2nc(N3CCN(Cc4cc(F)ccc4F)CC3)c(-c3cnn(C)c3)nc2C1. The summed E-state index contributed by atoms with van der Waals surface area (Å²) >= 11 is 0. The summed E-state index contributed by atoms with van der Waals surface area (Å²) in [5.41, 5.74) is 3.74. The number of halogens is 2. The number of carbonyl (C=O) groups is 1. The van der Waals surface area contributed by atoms with E-state index in [1.165, 1.54) is 12.1 Å². The van der Waals surface area contributed by atoms with Gasteiger partial charge >= 0.3 is 0 Å². The average Bonchev–Trinajstić information content (AvgIpc) is 3.27. The first kappa shape index (κ1) is 22.4. The van der Waals surface area contributed by atoms with Crippen LogP contribution in [0.15, 0.2) is 30.6 Å². The Morgan fingerprint density at radius 3 is 2.56 bits per heavy atom. The van der Waals surface area contributed by atoms with Gasteiger partial charge in [-0.1, -0.05) is 0 Å². The zero-order valence-corrected chi connectivity index (χ0v) is 19.3. The Bertz CT molecular complexity index is 1220. The predicted octanol–water partition coefficient (Wildman–Crippen LogP) is 2.38. The lowest BCUT2D eigenvalue weighted by Crippen LogP contribution is -2.47. The maximum Gasteiger partial charge on any atom is 0.219 e. The third-order valence-electron chi connectivity index (χ3n) is 6.49. The summed E-state index contributed by atoms with van der Waals surface area (Å²) in [4.78, 5) is 28.0. The van der Waals surface area contributed by atoms with Crippen molar-refractivity contribution in [3.05, 3.63) is 59.2 Å². The fourth-order valence-corrected chi connectivity index (χ4v) is 4.57. The van der Waals surface area contributed by atoms with Crippen LogP contribution in [0, 0.1) is 11.6 Å². The molecule has 3 aromatic rings. The summed E-state index contributed by atoms with van der Waals surface area (Å²) in [7, 11) is 1.86. The third-order valence-corrected chi connectivity index (χ3v) is 6.49. The molecule has 0 aliphatic carbocycles. The molecule has 4 heterocycles. The number of piperazine rings is 1. The number of benzene rings is 1. The van der Waals surface area contributed by atoms with Crippen molar-refractivity contribution < 1.29 is 13.6 Å². The normalized spacial score (nSPS) is 16.6. The Kier molecular flexibility index (Phi) is 5.99. The molecular formula is C24H27F2N7O. The number of rotatable bonds is 4. The summed E-state index contributed by atoms with van der Waals surface area (Å²) in [6.07, 6.45) is 4.35. The highest BCUT2D eigenvalue weighted by Crippen LogP contribution is 2.31. The van der Waals surface area contributed by atoms with Gasteiger partial charge < -0.3 is 9.80 Å². The Morgan fingerprint density at radius 1 is 1.06 bits per heavy atom. The highest BCUT2D eigenvalue weighted by molar-refractivity contribution is 5.74. The van der Waals surface area contributed by atoms with Crippen molar-refractivity contribution in [3.63, 3.8) is 0 Å². The van der Waals surface area contributed by atoms with E-state index in [1.54, 1.807) is 22.7 Å². The highest BCUT2D eigenvalue weighted by Gasteiger charge is 2.27. The summed E-state index contributed by atoms with van der Waals surface area (Å²) < 4.78 is 29.4. The van der Waals surface area contributed by atoms with Crippen LogP contribution >= 0.6 is 0 Å². The Labute approximate surface area is 196 Å². The van der Waals surface area contributed by atoms with Crippen LogP contribution in [-0.2, 0) is 31.4 Å². The summed E-state index contributed by atoms with van der Waals surface area (Å²) in [5, 5.41) is 4.30. The lowest BCUT2D eigenvalue weighted by Gasteiger charge is -2.37. The molecule has 1 fully saturated rings. The van der Waals surface area contributed by atoms with Crippen LogP contribution in [0.5, 0.6) is 0 Å². The first-order chi connectivity index (χ1) is 16.4. The van der Waals surface area contributed by atoms with Crippen LogP contribution in [0.2, 0.25) is 0 Å². The molecule has 0 atom stereocenters. The second-order valence-electron chi connectivity index (χ2n) is 8.88. The van der Waals surface area contributed by atoms with Crippen LogP contribution in [0.3, 0.4) is 0 Å². The molecule has 2 aliphatic heterocycles. The molecule has 0 spiro atoms. The first-order valence-electron chi connectivity index (χ1n) is 11.4. The van der Waals surface area contributed by atoms with Crippen molar-refractivity contribution in [1.82, 2.24) is 29.5 Å². The van der Waals surface area contributed by atoms with Crippen molar-refractivity contribution in [3.8, 4) is 11.3 Å². The topological polar surface area (TPSA) is 70.4 Å². The number of anilines is 1. The summed E-state index contributed by atoms with van der Waals surface area (Å²) in [6, 6.07) is 3.58. The van der Waals surface area contributed by atoms with Gasteiger partial charge in [0.1, 0.15) is 17.3 Å². The largest absolute Gasteiger partial charge is 0.352 e. The summed E-state index contributed by atoms with van der Waals surface area (Å²) in [6.45, 7) is 5.80. The van der Waals surface area contributed by atoms with E-state index < -0.39 is 5.82 Å². The number of amides is 1. The molecule has 1 aromatic carbocycles. The number of carbonyl (C=O) groups excluding carboxylic acids is 1. The van der Waals surface area contributed by atoms with Gasteiger partial charge in [-0.05, 0) is 18.2 Å². The molecule has 0 N–H and O–H groups in total. The average molecular weight is 468 g/mol. The van der Waals surface area contributed by atoms with E-state index in [2.05, 4.69) is 14.9 Å². The van der Waals surface area contributed by atoms with Gasteiger partial charge in [0.2, 0.25) is 5.91 Å². The zero-order chi connectivity index (χ0) is 23.8. The monoisotopic (exact) mass is 467 g/mol. The summed E-state index contributed by atoms with van der Waals surface area (Å²) in [5.74, 6) is 0.0246. The van der Waals surface area contributed by atoms with E-state index in [0.717, 1.165) is 34.5 Å². The number of hydrogen-bond donors (Lipinski definition) is 0. The fraction of sp³-hybridized carbons (Fsp3) is 0.417. The maximum atomic E-state index is 14.1. The third kappa shape index (κ3) is 4.50. The number of aromatic nitrogens is 4. The molecule has 34 heavy (non-hydrogen) atoms. The van der Waals surface area contributed by atoms with E-state index in [9.17, 15) is 13.6 Å². The maximum absolute atomic E-state index is 14.1. The minimum absolute atomic E-state index is 0.0327. The number of aryl methyl sites for hydroxylation is 1. The second-order valence-corrected chi connectivity index (χ2v) is 8.88. The fourth-order valence-electron chi connectivity index (χ4n) is 4.57. The Balaban J connectivity index is 1.39. The molecule has 0 saturated carbocycles. The standard InChI is InChI=1S/C24H27F2N7O/c1-16(34)33-6-5-21-22(15-33)28-23(18-12-27-30(2)13-18)24(29-21)32-9-7-31(8-10-32)14-17-11-19(25)3-4-20(17)26/h3-4,11-13H,5-10,14-15H2,1-2H3. The molecule has 178 valence electrons. The number of nitrogens with zero attached hydrogens (tertiary/aromatic N) is 7. The van der Waals surface area contributed by atoms with Crippen molar-refractivity contribution >= 4 is 11.7 Å². The minimum Gasteiger partial charge on any atom is -0.352 e. The predicted molar refractivity (Wildman–Crippen MR) is 123 cm³/mol. The number of hydrogen-bond acceptors (Lipinski definition) is 6. The first-order valence-corrected chi connectivity index (χ1v) is 11.4. The van der Waals surface area contributed by atoms with Gasteiger partial charge in [0.05, 0.1) is 24.1 Å². The van der Waals surface area contributed by atoms with Gasteiger partial charge in [0.15, 0.2) is 5.82 Å². The van der Waals surface area contributed by atoms with E-state index in [-0.39, 0.29) is 11.7 Å². The van der Waals surface area contributed by atoms with E-state index in [1.807, 2.05) is 13.2 Å². The van der Waals surface area contributed by atoms with Gasteiger partial charge in [0.25, 0.3) is 0 Å². The molecule has 1 saturated heterocycles.